The maximum Gasteiger partial charge on any atom is 0.407 e. The Morgan fingerprint density at radius 3 is 2.68 bits per heavy atom. The molecule has 0 radical (unpaired) electrons. The summed E-state index contributed by atoms with van der Waals surface area (Å²) in [7, 11) is 0. The van der Waals surface area contributed by atoms with E-state index in [2.05, 4.69) is 15.4 Å². The third-order valence-electron chi connectivity index (χ3n) is 4.75. The molecule has 3 rings (SSSR count). The van der Waals surface area contributed by atoms with Crippen molar-refractivity contribution in [2.45, 2.75) is 64.6 Å². The highest BCUT2D eigenvalue weighted by Gasteiger charge is 2.28. The van der Waals surface area contributed by atoms with Gasteiger partial charge in [0.05, 0.1) is 11.6 Å². The van der Waals surface area contributed by atoms with Gasteiger partial charge in [-0.05, 0) is 57.3 Å². The van der Waals surface area contributed by atoms with E-state index in [1.165, 1.54) is 6.20 Å². The van der Waals surface area contributed by atoms with Gasteiger partial charge in [0.15, 0.2) is 0 Å². The lowest BCUT2D eigenvalue weighted by Crippen LogP contribution is -2.41. The molecule has 2 aromatic rings. The van der Waals surface area contributed by atoms with E-state index >= 15 is 0 Å². The van der Waals surface area contributed by atoms with Crippen LogP contribution >= 0.6 is 11.6 Å². The lowest BCUT2D eigenvalue weighted by atomic mass is 9.86. The van der Waals surface area contributed by atoms with Gasteiger partial charge in [0.2, 0.25) is 0 Å². The second-order valence-electron chi connectivity index (χ2n) is 8.15. The van der Waals surface area contributed by atoms with Gasteiger partial charge in [-0.25, -0.2) is 9.78 Å². The molecule has 0 unspecified atom stereocenters. The number of pyridine rings is 1. The molecule has 0 aromatic carbocycles. The second-order valence-corrected chi connectivity index (χ2v) is 8.54. The zero-order valence-corrected chi connectivity index (χ0v) is 16.9. The van der Waals surface area contributed by atoms with E-state index in [4.69, 9.17) is 16.3 Å². The van der Waals surface area contributed by atoms with Crippen LogP contribution in [-0.4, -0.2) is 37.4 Å². The Labute approximate surface area is 167 Å². The van der Waals surface area contributed by atoms with Gasteiger partial charge < -0.3 is 20.2 Å². The standard InChI is InChI=1S/C18H24ClN5O4/c1-18(2,3)28-17(25)21-12-6-4-11(5-7-12)10-23-14-8-15(19)20-9-13(14)16(22-23)24(26)27/h8-9,11-12H,4-7,10H2,1-3H3,(H,21,25)/t11-,12-. The highest BCUT2D eigenvalue weighted by atomic mass is 35.5. The van der Waals surface area contributed by atoms with Crippen LogP contribution in [0.1, 0.15) is 46.5 Å². The average molecular weight is 410 g/mol. The van der Waals surface area contributed by atoms with Crippen molar-refractivity contribution in [3.8, 4) is 0 Å². The predicted molar refractivity (Wildman–Crippen MR) is 104 cm³/mol. The molecule has 1 fully saturated rings. The van der Waals surface area contributed by atoms with Gasteiger partial charge in [0.1, 0.15) is 21.7 Å². The first kappa shape index (κ1) is 20.3. The Morgan fingerprint density at radius 2 is 2.07 bits per heavy atom. The topological polar surface area (TPSA) is 112 Å². The minimum Gasteiger partial charge on any atom is -0.444 e. The number of aromatic nitrogens is 3. The lowest BCUT2D eigenvalue weighted by molar-refractivity contribution is -0.388. The molecule has 1 aliphatic carbocycles. The molecule has 1 aliphatic rings. The molecule has 0 atom stereocenters. The number of ether oxygens (including phenoxy) is 1. The molecule has 1 amide bonds. The molecule has 0 saturated heterocycles. The number of carbonyl (C=O) groups is 1. The first-order valence-corrected chi connectivity index (χ1v) is 9.66. The molecular formula is C18H24ClN5O4. The van der Waals surface area contributed by atoms with Gasteiger partial charge in [-0.1, -0.05) is 11.6 Å². The third-order valence-corrected chi connectivity index (χ3v) is 4.96. The zero-order chi connectivity index (χ0) is 20.5. The average Bonchev–Trinajstić information content (AvgIpc) is 2.93. The monoisotopic (exact) mass is 409 g/mol. The molecule has 1 saturated carbocycles. The maximum atomic E-state index is 11.9. The van der Waals surface area contributed by atoms with Crippen LogP contribution in [-0.2, 0) is 11.3 Å². The number of rotatable bonds is 4. The number of nitrogens with one attached hydrogen (secondary N) is 1. The molecule has 2 aromatic heterocycles. The highest BCUT2D eigenvalue weighted by Crippen LogP contribution is 2.30. The SMILES string of the molecule is CC(C)(C)OC(=O)N[C@H]1CC[C@H](Cn2nc([N+](=O)[O-])c3cnc(Cl)cc32)CC1. The largest absolute Gasteiger partial charge is 0.444 e. The molecule has 28 heavy (non-hydrogen) atoms. The van der Waals surface area contributed by atoms with Crippen LogP contribution in [0.15, 0.2) is 12.3 Å². The minimum absolute atomic E-state index is 0.0773. The molecular weight excluding hydrogens is 386 g/mol. The normalized spacial score (nSPS) is 20.1. The van der Waals surface area contributed by atoms with E-state index in [1.807, 2.05) is 20.8 Å². The summed E-state index contributed by atoms with van der Waals surface area (Å²) in [6.07, 6.45) is 4.41. The van der Waals surface area contributed by atoms with Crippen molar-refractivity contribution in [2.75, 3.05) is 0 Å². The second kappa shape index (κ2) is 7.90. The Hall–Kier alpha value is -2.42. The maximum absolute atomic E-state index is 11.9. The van der Waals surface area contributed by atoms with Crippen molar-refractivity contribution in [2.24, 2.45) is 5.92 Å². The van der Waals surface area contributed by atoms with E-state index in [0.717, 1.165) is 25.7 Å². The van der Waals surface area contributed by atoms with Gasteiger partial charge in [-0.15, -0.1) is 0 Å². The van der Waals surface area contributed by atoms with Gasteiger partial charge in [-0.2, -0.15) is 4.68 Å². The molecule has 9 nitrogen and oxygen atoms in total. The molecule has 0 aliphatic heterocycles. The Bertz CT molecular complexity index is 884. The van der Waals surface area contributed by atoms with Crippen LogP contribution in [0.3, 0.4) is 0 Å². The van der Waals surface area contributed by atoms with Gasteiger partial charge in [0, 0.05) is 18.3 Å². The predicted octanol–water partition coefficient (Wildman–Crippen LogP) is 4.08. The number of carbonyl (C=O) groups excluding carboxylic acids is 1. The van der Waals surface area contributed by atoms with Crippen LogP contribution in [0.2, 0.25) is 5.15 Å². The number of fused-ring (bicyclic) bond motifs is 1. The first-order chi connectivity index (χ1) is 13.1. The minimum atomic E-state index is -0.521. The van der Waals surface area contributed by atoms with Gasteiger partial charge in [0.25, 0.3) is 0 Å². The van der Waals surface area contributed by atoms with Crippen LogP contribution in [0.5, 0.6) is 0 Å². The number of hydrogen-bond acceptors (Lipinski definition) is 6. The van der Waals surface area contributed by atoms with Crippen LogP contribution < -0.4 is 5.32 Å². The summed E-state index contributed by atoms with van der Waals surface area (Å²) >= 11 is 5.96. The highest BCUT2D eigenvalue weighted by molar-refractivity contribution is 6.30. The quantitative estimate of drug-likeness (QED) is 0.462. The lowest BCUT2D eigenvalue weighted by Gasteiger charge is -2.29. The summed E-state index contributed by atoms with van der Waals surface area (Å²) in [6.45, 7) is 6.06. The summed E-state index contributed by atoms with van der Waals surface area (Å²) < 4.78 is 6.95. The number of nitro groups is 1. The smallest absolute Gasteiger partial charge is 0.407 e. The fraction of sp³-hybridized carbons (Fsp3) is 0.611. The fourth-order valence-corrected chi connectivity index (χ4v) is 3.66. The number of halogens is 1. The number of hydrogen-bond donors (Lipinski definition) is 1. The van der Waals surface area contributed by atoms with Gasteiger partial charge >= 0.3 is 11.9 Å². The molecule has 0 spiro atoms. The van der Waals surface area contributed by atoms with Crippen molar-refractivity contribution in [1.82, 2.24) is 20.1 Å². The van der Waals surface area contributed by atoms with Crippen LogP contribution in [0.4, 0.5) is 10.6 Å². The summed E-state index contributed by atoms with van der Waals surface area (Å²) in [6, 6.07) is 1.68. The Kier molecular flexibility index (Phi) is 5.74. The van der Waals surface area contributed by atoms with E-state index < -0.39 is 16.6 Å². The van der Waals surface area contributed by atoms with Crippen molar-refractivity contribution < 1.29 is 14.5 Å². The Morgan fingerprint density at radius 1 is 1.39 bits per heavy atom. The summed E-state index contributed by atoms with van der Waals surface area (Å²) in [5.41, 5.74) is 0.0912. The van der Waals surface area contributed by atoms with E-state index in [0.29, 0.717) is 23.4 Å². The molecule has 1 N–H and O–H groups in total. The third kappa shape index (κ3) is 4.89. The summed E-state index contributed by atoms with van der Waals surface area (Å²) in [4.78, 5) is 26.6. The summed E-state index contributed by atoms with van der Waals surface area (Å²) in [5, 5.41) is 19.0. The van der Waals surface area contributed by atoms with Crippen LogP contribution in [0, 0.1) is 16.0 Å². The molecule has 2 heterocycles. The van der Waals surface area contributed by atoms with Crippen molar-refractivity contribution in [3.05, 3.63) is 27.5 Å². The van der Waals surface area contributed by atoms with Crippen molar-refractivity contribution >= 4 is 34.4 Å². The van der Waals surface area contributed by atoms with E-state index in [9.17, 15) is 14.9 Å². The first-order valence-electron chi connectivity index (χ1n) is 9.28. The summed E-state index contributed by atoms with van der Waals surface area (Å²) in [5.74, 6) is 0.103. The molecule has 152 valence electrons. The zero-order valence-electron chi connectivity index (χ0n) is 16.1. The van der Waals surface area contributed by atoms with E-state index in [1.54, 1.807) is 10.7 Å². The number of nitrogens with zero attached hydrogens (tertiary/aromatic N) is 4. The molecule has 0 bridgehead atoms. The van der Waals surface area contributed by atoms with Crippen molar-refractivity contribution in [1.29, 1.82) is 0 Å². The Balaban J connectivity index is 1.63. The van der Waals surface area contributed by atoms with E-state index in [-0.39, 0.29) is 17.0 Å². The number of amides is 1. The fourth-order valence-electron chi connectivity index (χ4n) is 3.51. The van der Waals surface area contributed by atoms with Crippen molar-refractivity contribution in [3.63, 3.8) is 0 Å². The van der Waals surface area contributed by atoms with Crippen LogP contribution in [0.25, 0.3) is 10.9 Å². The van der Waals surface area contributed by atoms with Gasteiger partial charge in [-0.3, -0.25) is 0 Å². The number of alkyl carbamates (subject to hydrolysis) is 1. The molecule has 10 heteroatoms.